The van der Waals surface area contributed by atoms with Gasteiger partial charge in [0, 0.05) is 73.2 Å². The van der Waals surface area contributed by atoms with Gasteiger partial charge in [0.1, 0.15) is 11.5 Å². The van der Waals surface area contributed by atoms with E-state index in [1.165, 1.54) is 16.7 Å². The van der Waals surface area contributed by atoms with Crippen LogP contribution in [0.1, 0.15) is 46.6 Å². The van der Waals surface area contributed by atoms with E-state index in [1.807, 2.05) is 26.2 Å². The molecule has 1 aliphatic heterocycles. The molecule has 4 rings (SSSR count). The van der Waals surface area contributed by atoms with Crippen molar-refractivity contribution < 1.29 is 9.18 Å². The normalized spacial score (nSPS) is 15.7. The van der Waals surface area contributed by atoms with Crippen molar-refractivity contribution in [2.45, 2.75) is 26.3 Å². The minimum absolute atomic E-state index is 0.188. The fourth-order valence-electron chi connectivity index (χ4n) is 4.59. The number of aromatic nitrogens is 2. The third kappa shape index (κ3) is 3.99. The molecule has 0 radical (unpaired) electrons. The first-order valence-corrected chi connectivity index (χ1v) is 11.5. The summed E-state index contributed by atoms with van der Waals surface area (Å²) in [5.74, 6) is -0.514. The number of pyridine rings is 1. The van der Waals surface area contributed by atoms with Crippen molar-refractivity contribution in [2.75, 3.05) is 27.2 Å². The Morgan fingerprint density at radius 1 is 1.28 bits per heavy atom. The highest BCUT2D eigenvalue weighted by atomic mass is 79.9. The SMILES string of the molecule is Cc1cc(C(=O)N(C)C)cc(F)c1C1=CCN([C@@H](C)c2cc3c(Br)ccnc3n2C)CC1. The van der Waals surface area contributed by atoms with E-state index in [9.17, 15) is 4.79 Å². The summed E-state index contributed by atoms with van der Waals surface area (Å²) in [6, 6.07) is 7.50. The van der Waals surface area contributed by atoms with Gasteiger partial charge in [-0.1, -0.05) is 6.08 Å². The summed E-state index contributed by atoms with van der Waals surface area (Å²) in [4.78, 5) is 20.6. The molecule has 1 amide bonds. The molecule has 0 fully saturated rings. The van der Waals surface area contributed by atoms with Crippen molar-refractivity contribution in [3.63, 3.8) is 0 Å². The number of fused-ring (bicyclic) bond motifs is 1. The van der Waals surface area contributed by atoms with Crippen LogP contribution in [0.4, 0.5) is 4.39 Å². The van der Waals surface area contributed by atoms with E-state index >= 15 is 4.39 Å². The van der Waals surface area contributed by atoms with Crippen LogP contribution < -0.4 is 0 Å². The second-order valence-corrected chi connectivity index (χ2v) is 9.51. The molecule has 1 aliphatic rings. The maximum Gasteiger partial charge on any atom is 0.253 e. The molecule has 168 valence electrons. The molecule has 0 saturated heterocycles. The summed E-state index contributed by atoms with van der Waals surface area (Å²) < 4.78 is 18.2. The van der Waals surface area contributed by atoms with Gasteiger partial charge in [-0.3, -0.25) is 9.69 Å². The number of hydrogen-bond acceptors (Lipinski definition) is 3. The Morgan fingerprint density at radius 2 is 2.03 bits per heavy atom. The lowest BCUT2D eigenvalue weighted by Crippen LogP contribution is -2.32. The first kappa shape index (κ1) is 22.7. The molecule has 3 heterocycles. The van der Waals surface area contributed by atoms with Gasteiger partial charge in [-0.25, -0.2) is 9.37 Å². The number of halogens is 2. The third-order valence-corrected chi connectivity index (χ3v) is 7.08. The lowest BCUT2D eigenvalue weighted by Gasteiger charge is -2.32. The summed E-state index contributed by atoms with van der Waals surface area (Å²) in [7, 11) is 5.40. The van der Waals surface area contributed by atoms with Crippen molar-refractivity contribution in [3.8, 4) is 0 Å². The van der Waals surface area contributed by atoms with E-state index in [4.69, 9.17) is 0 Å². The topological polar surface area (TPSA) is 41.4 Å². The summed E-state index contributed by atoms with van der Waals surface area (Å²) in [6.07, 6.45) is 4.69. The zero-order valence-corrected chi connectivity index (χ0v) is 20.7. The second-order valence-electron chi connectivity index (χ2n) is 8.66. The Hall–Kier alpha value is -2.51. The van der Waals surface area contributed by atoms with E-state index in [2.05, 4.69) is 49.4 Å². The predicted octanol–water partition coefficient (Wildman–Crippen LogP) is 5.34. The van der Waals surface area contributed by atoms with Crippen LogP contribution in [0.2, 0.25) is 0 Å². The fourth-order valence-corrected chi connectivity index (χ4v) is 5.00. The van der Waals surface area contributed by atoms with Gasteiger partial charge in [0.05, 0.1) is 0 Å². The van der Waals surface area contributed by atoms with Gasteiger partial charge in [-0.15, -0.1) is 0 Å². The number of amides is 1. The average molecular weight is 499 g/mol. The number of aryl methyl sites for hydroxylation is 2. The van der Waals surface area contributed by atoms with E-state index in [-0.39, 0.29) is 17.8 Å². The molecular weight excluding hydrogens is 471 g/mol. The van der Waals surface area contributed by atoms with Crippen molar-refractivity contribution in [1.29, 1.82) is 0 Å². The number of rotatable bonds is 4. The standard InChI is InChI=1S/C25H28BrFN4O/c1-15-12-18(25(32)29(3)4)13-21(27)23(15)17-7-10-31(11-8-17)16(2)22-14-19-20(26)6-9-28-24(19)30(22)5/h6-7,9,12-14,16H,8,10-11H2,1-5H3/t16-/m0/s1. The van der Waals surface area contributed by atoms with E-state index in [0.29, 0.717) is 11.1 Å². The molecule has 0 N–H and O–H groups in total. The van der Waals surface area contributed by atoms with Gasteiger partial charge in [-0.05, 0) is 71.6 Å². The largest absolute Gasteiger partial charge is 0.345 e. The number of nitrogens with zero attached hydrogens (tertiary/aromatic N) is 4. The zero-order valence-electron chi connectivity index (χ0n) is 19.1. The minimum atomic E-state index is -0.326. The van der Waals surface area contributed by atoms with Crippen molar-refractivity contribution in [3.05, 3.63) is 69.2 Å². The highest BCUT2D eigenvalue weighted by Gasteiger charge is 2.25. The summed E-state index contributed by atoms with van der Waals surface area (Å²) in [5, 5.41) is 1.11. The van der Waals surface area contributed by atoms with E-state index in [0.717, 1.165) is 46.2 Å². The van der Waals surface area contributed by atoms with Gasteiger partial charge in [0.25, 0.3) is 5.91 Å². The van der Waals surface area contributed by atoms with Gasteiger partial charge in [0.2, 0.25) is 0 Å². The maximum absolute atomic E-state index is 15.0. The molecule has 32 heavy (non-hydrogen) atoms. The molecule has 0 bridgehead atoms. The summed E-state index contributed by atoms with van der Waals surface area (Å²) in [5.41, 5.74) is 4.98. The zero-order chi connectivity index (χ0) is 23.2. The molecule has 1 atom stereocenters. The van der Waals surface area contributed by atoms with Crippen LogP contribution in [0, 0.1) is 12.7 Å². The smallest absolute Gasteiger partial charge is 0.253 e. The highest BCUT2D eigenvalue weighted by molar-refractivity contribution is 9.10. The molecule has 2 aromatic heterocycles. The Balaban J connectivity index is 1.58. The van der Waals surface area contributed by atoms with Crippen LogP contribution >= 0.6 is 15.9 Å². The summed E-state index contributed by atoms with van der Waals surface area (Å²) >= 11 is 3.62. The van der Waals surface area contributed by atoms with Crippen molar-refractivity contribution in [1.82, 2.24) is 19.4 Å². The second kappa shape index (κ2) is 8.79. The van der Waals surface area contributed by atoms with Gasteiger partial charge in [-0.2, -0.15) is 0 Å². The molecule has 3 aromatic rings. The van der Waals surface area contributed by atoms with Crippen LogP contribution in [-0.2, 0) is 7.05 Å². The van der Waals surface area contributed by atoms with Crippen molar-refractivity contribution in [2.24, 2.45) is 7.05 Å². The lowest BCUT2D eigenvalue weighted by atomic mass is 9.92. The first-order chi connectivity index (χ1) is 15.2. The molecule has 0 spiro atoms. The molecule has 0 saturated carbocycles. The Kier molecular flexibility index (Phi) is 6.23. The number of benzene rings is 1. The van der Waals surface area contributed by atoms with Gasteiger partial charge < -0.3 is 9.47 Å². The fraction of sp³-hybridized carbons (Fsp3) is 0.360. The number of hydrogen-bond donors (Lipinski definition) is 0. The predicted molar refractivity (Wildman–Crippen MR) is 130 cm³/mol. The average Bonchev–Trinajstić information content (AvgIpc) is 3.10. The van der Waals surface area contributed by atoms with Crippen LogP contribution in [0.5, 0.6) is 0 Å². The first-order valence-electron chi connectivity index (χ1n) is 10.7. The Morgan fingerprint density at radius 3 is 2.62 bits per heavy atom. The van der Waals surface area contributed by atoms with Gasteiger partial charge in [0.15, 0.2) is 0 Å². The number of carbonyl (C=O) groups excluding carboxylic acids is 1. The van der Waals surface area contributed by atoms with Gasteiger partial charge >= 0.3 is 0 Å². The molecule has 0 aliphatic carbocycles. The molecular formula is C25H28BrFN4O. The monoisotopic (exact) mass is 498 g/mol. The minimum Gasteiger partial charge on any atom is -0.345 e. The van der Waals surface area contributed by atoms with E-state index in [1.54, 1.807) is 20.2 Å². The third-order valence-electron chi connectivity index (χ3n) is 6.39. The van der Waals surface area contributed by atoms with Crippen LogP contribution in [0.25, 0.3) is 16.6 Å². The van der Waals surface area contributed by atoms with E-state index < -0.39 is 0 Å². The molecule has 0 unspecified atom stereocenters. The van der Waals surface area contributed by atoms with Crippen LogP contribution in [0.15, 0.2) is 41.0 Å². The Labute approximate surface area is 196 Å². The molecule has 5 nitrogen and oxygen atoms in total. The van der Waals surface area contributed by atoms with Crippen molar-refractivity contribution >= 4 is 38.4 Å². The summed E-state index contributed by atoms with van der Waals surface area (Å²) in [6.45, 7) is 5.65. The number of carbonyl (C=O) groups is 1. The maximum atomic E-state index is 15.0. The highest BCUT2D eigenvalue weighted by Crippen LogP contribution is 2.34. The van der Waals surface area contributed by atoms with Crippen LogP contribution in [0.3, 0.4) is 0 Å². The Bertz CT molecular complexity index is 1210. The molecule has 1 aromatic carbocycles. The quantitative estimate of drug-likeness (QED) is 0.487. The lowest BCUT2D eigenvalue weighted by molar-refractivity contribution is 0.0827. The van der Waals surface area contributed by atoms with Crippen LogP contribution in [-0.4, -0.2) is 52.4 Å². The molecule has 7 heteroatoms.